The molecule has 1 aliphatic carbocycles. The van der Waals surface area contributed by atoms with Gasteiger partial charge in [-0.2, -0.15) is 0 Å². The monoisotopic (exact) mass is 369 g/mol. The standard InChI is InChI=1S/C17H27N3O6/c1-12-6-3-4-7-17(12)15(23)20(16(24)19-17)10-14(22)26-11-13(21)18-8-5-9-25-2/h12H,3-11H2,1-2H3,(H,18,21)(H,19,24)/t12-,17-/m1/s1. The Hall–Kier alpha value is -2.16. The van der Waals surface area contributed by atoms with Gasteiger partial charge in [0.1, 0.15) is 12.1 Å². The summed E-state index contributed by atoms with van der Waals surface area (Å²) >= 11 is 0. The van der Waals surface area contributed by atoms with E-state index in [9.17, 15) is 19.2 Å². The van der Waals surface area contributed by atoms with Gasteiger partial charge in [0, 0.05) is 20.3 Å². The van der Waals surface area contributed by atoms with Crippen LogP contribution in [-0.4, -0.2) is 67.7 Å². The average molecular weight is 369 g/mol. The molecule has 1 saturated heterocycles. The smallest absolute Gasteiger partial charge is 0.326 e. The molecule has 9 nitrogen and oxygen atoms in total. The first kappa shape index (κ1) is 20.2. The van der Waals surface area contributed by atoms with Crippen molar-refractivity contribution in [2.24, 2.45) is 5.92 Å². The molecule has 146 valence electrons. The van der Waals surface area contributed by atoms with Gasteiger partial charge in [0.25, 0.3) is 11.8 Å². The van der Waals surface area contributed by atoms with Crippen LogP contribution >= 0.6 is 0 Å². The summed E-state index contributed by atoms with van der Waals surface area (Å²) in [5, 5.41) is 5.35. The van der Waals surface area contributed by atoms with Crippen molar-refractivity contribution in [3.8, 4) is 0 Å². The molecule has 2 aliphatic rings. The molecule has 1 saturated carbocycles. The Balaban J connectivity index is 1.80. The van der Waals surface area contributed by atoms with E-state index in [-0.39, 0.29) is 11.8 Å². The molecule has 26 heavy (non-hydrogen) atoms. The number of carbonyl (C=O) groups excluding carboxylic acids is 4. The summed E-state index contributed by atoms with van der Waals surface area (Å²) in [7, 11) is 1.57. The second-order valence-corrected chi connectivity index (χ2v) is 6.80. The molecule has 1 aliphatic heterocycles. The Morgan fingerprint density at radius 3 is 2.81 bits per heavy atom. The van der Waals surface area contributed by atoms with Crippen molar-refractivity contribution in [1.82, 2.24) is 15.5 Å². The predicted octanol–water partition coefficient (Wildman–Crippen LogP) is 0.183. The lowest BCUT2D eigenvalue weighted by Crippen LogP contribution is -2.54. The Morgan fingerprint density at radius 1 is 1.35 bits per heavy atom. The van der Waals surface area contributed by atoms with Crippen LogP contribution in [0.2, 0.25) is 0 Å². The molecule has 0 aromatic rings. The van der Waals surface area contributed by atoms with E-state index in [0.29, 0.717) is 26.0 Å². The van der Waals surface area contributed by atoms with Crippen LogP contribution < -0.4 is 10.6 Å². The van der Waals surface area contributed by atoms with E-state index in [1.54, 1.807) is 7.11 Å². The van der Waals surface area contributed by atoms with Gasteiger partial charge in [0.2, 0.25) is 0 Å². The highest BCUT2D eigenvalue weighted by molar-refractivity contribution is 6.09. The molecular formula is C17H27N3O6. The molecule has 9 heteroatoms. The van der Waals surface area contributed by atoms with Crippen LogP contribution in [0, 0.1) is 5.92 Å². The summed E-state index contributed by atoms with van der Waals surface area (Å²) in [6.07, 6.45) is 3.96. The number of carbonyl (C=O) groups is 4. The minimum absolute atomic E-state index is 0.0200. The van der Waals surface area contributed by atoms with E-state index in [1.165, 1.54) is 0 Å². The summed E-state index contributed by atoms with van der Waals surface area (Å²) < 4.78 is 9.73. The minimum atomic E-state index is -0.908. The van der Waals surface area contributed by atoms with Gasteiger partial charge in [-0.25, -0.2) is 4.79 Å². The van der Waals surface area contributed by atoms with Gasteiger partial charge >= 0.3 is 12.0 Å². The van der Waals surface area contributed by atoms with E-state index in [0.717, 1.165) is 24.2 Å². The highest BCUT2D eigenvalue weighted by Crippen LogP contribution is 2.38. The lowest BCUT2D eigenvalue weighted by atomic mass is 9.73. The number of amides is 4. The maximum atomic E-state index is 12.7. The fraction of sp³-hybridized carbons (Fsp3) is 0.765. The van der Waals surface area contributed by atoms with Crippen molar-refractivity contribution in [2.75, 3.05) is 33.4 Å². The molecule has 0 bridgehead atoms. The number of nitrogens with one attached hydrogen (secondary N) is 2. The first-order valence-corrected chi connectivity index (χ1v) is 8.96. The number of hydrogen-bond acceptors (Lipinski definition) is 6. The molecule has 0 aromatic carbocycles. The first-order valence-electron chi connectivity index (χ1n) is 8.96. The third-order valence-corrected chi connectivity index (χ3v) is 5.00. The molecule has 2 atom stereocenters. The van der Waals surface area contributed by atoms with Crippen LogP contribution in [0.1, 0.15) is 39.0 Å². The maximum Gasteiger partial charge on any atom is 0.326 e. The molecule has 0 radical (unpaired) electrons. The molecule has 2 fully saturated rings. The highest BCUT2D eigenvalue weighted by Gasteiger charge is 2.55. The van der Waals surface area contributed by atoms with Gasteiger partial charge in [0.05, 0.1) is 0 Å². The van der Waals surface area contributed by atoms with E-state index in [1.807, 2.05) is 6.92 Å². The molecule has 0 aromatic heterocycles. The van der Waals surface area contributed by atoms with Crippen LogP contribution in [0.15, 0.2) is 0 Å². The Labute approximate surface area is 152 Å². The largest absolute Gasteiger partial charge is 0.454 e. The van der Waals surface area contributed by atoms with Crippen LogP contribution in [-0.2, 0) is 23.9 Å². The van der Waals surface area contributed by atoms with Crippen molar-refractivity contribution >= 4 is 23.8 Å². The van der Waals surface area contributed by atoms with E-state index in [2.05, 4.69) is 10.6 Å². The first-order chi connectivity index (χ1) is 12.4. The fourth-order valence-corrected chi connectivity index (χ4v) is 3.46. The van der Waals surface area contributed by atoms with Crippen molar-refractivity contribution in [1.29, 1.82) is 0 Å². The Morgan fingerprint density at radius 2 is 2.12 bits per heavy atom. The van der Waals surface area contributed by atoms with Gasteiger partial charge in [-0.3, -0.25) is 19.3 Å². The van der Waals surface area contributed by atoms with Crippen molar-refractivity contribution in [3.63, 3.8) is 0 Å². The van der Waals surface area contributed by atoms with Gasteiger partial charge in [-0.05, 0) is 25.2 Å². The van der Waals surface area contributed by atoms with Crippen LogP contribution in [0.5, 0.6) is 0 Å². The third-order valence-electron chi connectivity index (χ3n) is 5.00. The number of imide groups is 1. The summed E-state index contributed by atoms with van der Waals surface area (Å²) in [6.45, 7) is 1.93. The second kappa shape index (κ2) is 8.98. The second-order valence-electron chi connectivity index (χ2n) is 6.80. The third kappa shape index (κ3) is 4.51. The summed E-state index contributed by atoms with van der Waals surface area (Å²) in [4.78, 5) is 49.3. The number of ether oxygens (including phenoxy) is 2. The molecule has 4 amide bonds. The lowest BCUT2D eigenvalue weighted by molar-refractivity contribution is -0.151. The molecule has 2 N–H and O–H groups in total. The quantitative estimate of drug-likeness (QED) is 0.358. The summed E-state index contributed by atoms with van der Waals surface area (Å²) in [6, 6.07) is -0.579. The maximum absolute atomic E-state index is 12.7. The van der Waals surface area contributed by atoms with Crippen molar-refractivity contribution in [2.45, 2.75) is 44.6 Å². The number of urea groups is 1. The summed E-state index contributed by atoms with van der Waals surface area (Å²) in [5.74, 6) is -1.59. The topological polar surface area (TPSA) is 114 Å². The molecule has 2 rings (SSSR count). The number of nitrogens with zero attached hydrogens (tertiary/aromatic N) is 1. The average Bonchev–Trinajstić information content (AvgIpc) is 2.84. The number of esters is 1. The fourth-order valence-electron chi connectivity index (χ4n) is 3.46. The normalized spacial score (nSPS) is 25.3. The van der Waals surface area contributed by atoms with Crippen molar-refractivity contribution in [3.05, 3.63) is 0 Å². The van der Waals surface area contributed by atoms with Gasteiger partial charge in [-0.15, -0.1) is 0 Å². The molecule has 0 unspecified atom stereocenters. The van der Waals surface area contributed by atoms with Crippen LogP contribution in [0.3, 0.4) is 0 Å². The van der Waals surface area contributed by atoms with Gasteiger partial charge in [-0.1, -0.05) is 19.8 Å². The zero-order valence-corrected chi connectivity index (χ0v) is 15.3. The van der Waals surface area contributed by atoms with E-state index < -0.39 is 36.6 Å². The zero-order valence-electron chi connectivity index (χ0n) is 15.3. The lowest BCUT2D eigenvalue weighted by Gasteiger charge is -2.36. The number of methoxy groups -OCH3 is 1. The van der Waals surface area contributed by atoms with Gasteiger partial charge < -0.3 is 20.1 Å². The Bertz CT molecular complexity index is 567. The molecule has 1 spiro atoms. The predicted molar refractivity (Wildman–Crippen MR) is 91.1 cm³/mol. The molecule has 1 heterocycles. The van der Waals surface area contributed by atoms with Crippen molar-refractivity contribution < 1.29 is 28.7 Å². The SMILES string of the molecule is COCCCNC(=O)COC(=O)CN1C(=O)N[C@@]2(CCCC[C@H]2C)C1=O. The van der Waals surface area contributed by atoms with Gasteiger partial charge in [0.15, 0.2) is 6.61 Å². The Kier molecular flexibility index (Phi) is 6.96. The van der Waals surface area contributed by atoms with E-state index in [4.69, 9.17) is 9.47 Å². The highest BCUT2D eigenvalue weighted by atomic mass is 16.5. The minimum Gasteiger partial charge on any atom is -0.454 e. The summed E-state index contributed by atoms with van der Waals surface area (Å²) in [5.41, 5.74) is -0.908. The van der Waals surface area contributed by atoms with Crippen LogP contribution in [0.25, 0.3) is 0 Å². The number of hydrogen-bond donors (Lipinski definition) is 2. The number of rotatable bonds is 8. The van der Waals surface area contributed by atoms with E-state index >= 15 is 0 Å². The zero-order chi connectivity index (χ0) is 19.2. The molecular weight excluding hydrogens is 342 g/mol. The van der Waals surface area contributed by atoms with Crippen LogP contribution in [0.4, 0.5) is 4.79 Å².